The summed E-state index contributed by atoms with van der Waals surface area (Å²) >= 11 is 0. The van der Waals surface area contributed by atoms with Crippen LogP contribution >= 0.6 is 0 Å². The molecule has 1 heteroatoms. The molecule has 0 aromatic rings. The Balaban J connectivity index is 1.90. The Kier molecular flexibility index (Phi) is 4.05. The van der Waals surface area contributed by atoms with Crippen LogP contribution in [0, 0.1) is 23.7 Å². The number of hydrogen-bond donors (Lipinski definition) is 0. The minimum atomic E-state index is 0.409. The molecule has 0 radical (unpaired) electrons. The van der Waals surface area contributed by atoms with Crippen molar-refractivity contribution in [1.82, 2.24) is 0 Å². The quantitative estimate of drug-likeness (QED) is 0.699. The fourth-order valence-corrected chi connectivity index (χ4v) is 3.78. The third kappa shape index (κ3) is 2.67. The standard InChI is InChI=1S/C15H26O/c1-11(2)10-13-8-9-14(15(13)16)12-6-4-3-5-7-12/h11-14H,3-10H2,1-2H3. The van der Waals surface area contributed by atoms with Crippen LogP contribution in [0.1, 0.15) is 65.2 Å². The van der Waals surface area contributed by atoms with E-state index in [0.29, 0.717) is 23.5 Å². The number of hydrogen-bond acceptors (Lipinski definition) is 1. The predicted octanol–water partition coefficient (Wildman–Crippen LogP) is 4.21. The average molecular weight is 222 g/mol. The molecule has 0 aliphatic heterocycles. The molecule has 0 bridgehead atoms. The first-order valence-electron chi connectivity index (χ1n) is 7.22. The molecule has 2 unspecified atom stereocenters. The number of carbonyl (C=O) groups is 1. The largest absolute Gasteiger partial charge is 0.299 e. The van der Waals surface area contributed by atoms with Gasteiger partial charge in [-0.3, -0.25) is 4.79 Å². The van der Waals surface area contributed by atoms with Crippen LogP contribution in [0.4, 0.5) is 0 Å². The van der Waals surface area contributed by atoms with Gasteiger partial charge in [0.2, 0.25) is 0 Å². The van der Waals surface area contributed by atoms with E-state index >= 15 is 0 Å². The Hall–Kier alpha value is -0.330. The monoisotopic (exact) mass is 222 g/mol. The minimum absolute atomic E-state index is 0.409. The number of carbonyl (C=O) groups excluding carboxylic acids is 1. The van der Waals surface area contributed by atoms with E-state index in [9.17, 15) is 4.79 Å². The van der Waals surface area contributed by atoms with Crippen molar-refractivity contribution in [1.29, 1.82) is 0 Å². The van der Waals surface area contributed by atoms with Gasteiger partial charge in [-0.05, 0) is 43.9 Å². The third-order valence-corrected chi connectivity index (χ3v) is 4.57. The van der Waals surface area contributed by atoms with Gasteiger partial charge in [-0.1, -0.05) is 33.1 Å². The zero-order valence-corrected chi connectivity index (χ0v) is 10.9. The molecule has 0 aromatic heterocycles. The van der Waals surface area contributed by atoms with E-state index < -0.39 is 0 Å². The molecule has 2 saturated carbocycles. The molecule has 2 aliphatic carbocycles. The first-order chi connectivity index (χ1) is 7.68. The van der Waals surface area contributed by atoms with Gasteiger partial charge < -0.3 is 0 Å². The molecule has 0 N–H and O–H groups in total. The molecule has 2 rings (SSSR count). The summed E-state index contributed by atoms with van der Waals surface area (Å²) in [4.78, 5) is 12.3. The van der Waals surface area contributed by atoms with Crippen LogP contribution in [-0.2, 0) is 4.79 Å². The van der Waals surface area contributed by atoms with Gasteiger partial charge in [-0.25, -0.2) is 0 Å². The average Bonchev–Trinajstić information content (AvgIpc) is 2.61. The summed E-state index contributed by atoms with van der Waals surface area (Å²) in [5.74, 6) is 2.91. The molecular formula is C15H26O. The predicted molar refractivity (Wildman–Crippen MR) is 67.3 cm³/mol. The van der Waals surface area contributed by atoms with E-state index in [2.05, 4.69) is 13.8 Å². The summed E-state index contributed by atoms with van der Waals surface area (Å²) in [6, 6.07) is 0. The van der Waals surface area contributed by atoms with E-state index in [4.69, 9.17) is 0 Å². The molecule has 0 saturated heterocycles. The van der Waals surface area contributed by atoms with Gasteiger partial charge in [0.1, 0.15) is 5.78 Å². The summed E-state index contributed by atoms with van der Waals surface area (Å²) in [5, 5.41) is 0. The van der Waals surface area contributed by atoms with Gasteiger partial charge >= 0.3 is 0 Å². The van der Waals surface area contributed by atoms with Crippen LogP contribution in [-0.4, -0.2) is 5.78 Å². The zero-order chi connectivity index (χ0) is 11.5. The fraction of sp³-hybridized carbons (Fsp3) is 0.933. The van der Waals surface area contributed by atoms with E-state index in [1.165, 1.54) is 44.9 Å². The number of Topliss-reactive ketones (excluding diaryl/α,β-unsaturated/α-hetero) is 1. The molecule has 16 heavy (non-hydrogen) atoms. The van der Waals surface area contributed by atoms with Gasteiger partial charge in [-0.15, -0.1) is 0 Å². The van der Waals surface area contributed by atoms with E-state index in [0.717, 1.165) is 12.3 Å². The number of ketones is 1. The Labute approximate surface area is 100.0 Å². The van der Waals surface area contributed by atoms with Crippen LogP contribution in [0.25, 0.3) is 0 Å². The summed E-state index contributed by atoms with van der Waals surface area (Å²) in [6.45, 7) is 4.47. The zero-order valence-electron chi connectivity index (χ0n) is 10.9. The van der Waals surface area contributed by atoms with Gasteiger partial charge in [0.05, 0.1) is 0 Å². The molecule has 0 spiro atoms. The highest BCUT2D eigenvalue weighted by molar-refractivity contribution is 5.85. The van der Waals surface area contributed by atoms with Crippen molar-refractivity contribution in [3.63, 3.8) is 0 Å². The summed E-state index contributed by atoms with van der Waals surface area (Å²) in [7, 11) is 0. The van der Waals surface area contributed by atoms with Gasteiger partial charge in [-0.2, -0.15) is 0 Å². The van der Waals surface area contributed by atoms with Crippen molar-refractivity contribution < 1.29 is 4.79 Å². The van der Waals surface area contributed by atoms with Crippen LogP contribution in [0.2, 0.25) is 0 Å². The Morgan fingerprint density at radius 2 is 1.75 bits per heavy atom. The van der Waals surface area contributed by atoms with Gasteiger partial charge in [0, 0.05) is 11.8 Å². The van der Waals surface area contributed by atoms with Gasteiger partial charge in [0.25, 0.3) is 0 Å². The lowest BCUT2D eigenvalue weighted by Crippen LogP contribution is -2.24. The Bertz CT molecular complexity index is 238. The highest BCUT2D eigenvalue weighted by Crippen LogP contribution is 2.41. The number of rotatable bonds is 3. The van der Waals surface area contributed by atoms with Crippen molar-refractivity contribution >= 4 is 5.78 Å². The van der Waals surface area contributed by atoms with Crippen molar-refractivity contribution in [2.45, 2.75) is 65.2 Å². The lowest BCUT2D eigenvalue weighted by atomic mass is 9.78. The maximum Gasteiger partial charge on any atom is 0.139 e. The van der Waals surface area contributed by atoms with Crippen LogP contribution in [0.3, 0.4) is 0 Å². The lowest BCUT2D eigenvalue weighted by Gasteiger charge is -2.26. The molecule has 2 aliphatic rings. The molecule has 0 amide bonds. The van der Waals surface area contributed by atoms with Crippen LogP contribution in [0.15, 0.2) is 0 Å². The van der Waals surface area contributed by atoms with Crippen molar-refractivity contribution in [2.75, 3.05) is 0 Å². The molecule has 0 heterocycles. The highest BCUT2D eigenvalue weighted by Gasteiger charge is 2.38. The topological polar surface area (TPSA) is 17.1 Å². The van der Waals surface area contributed by atoms with Crippen molar-refractivity contribution in [2.24, 2.45) is 23.7 Å². The second kappa shape index (κ2) is 5.33. The van der Waals surface area contributed by atoms with E-state index in [-0.39, 0.29) is 0 Å². The Morgan fingerprint density at radius 1 is 1.06 bits per heavy atom. The highest BCUT2D eigenvalue weighted by atomic mass is 16.1. The third-order valence-electron chi connectivity index (χ3n) is 4.57. The first-order valence-corrected chi connectivity index (χ1v) is 7.22. The summed E-state index contributed by atoms with van der Waals surface area (Å²) in [6.07, 6.45) is 10.3. The van der Waals surface area contributed by atoms with E-state index in [1.54, 1.807) is 0 Å². The SMILES string of the molecule is CC(C)CC1CCC(C2CCCCC2)C1=O. The van der Waals surface area contributed by atoms with Gasteiger partial charge in [0.15, 0.2) is 0 Å². The summed E-state index contributed by atoms with van der Waals surface area (Å²) < 4.78 is 0. The normalized spacial score (nSPS) is 32.6. The molecule has 0 aromatic carbocycles. The smallest absolute Gasteiger partial charge is 0.139 e. The Morgan fingerprint density at radius 3 is 2.38 bits per heavy atom. The second-order valence-corrected chi connectivity index (χ2v) is 6.31. The maximum absolute atomic E-state index is 12.3. The van der Waals surface area contributed by atoms with Crippen molar-refractivity contribution in [3.8, 4) is 0 Å². The van der Waals surface area contributed by atoms with Crippen LogP contribution < -0.4 is 0 Å². The molecular weight excluding hydrogens is 196 g/mol. The van der Waals surface area contributed by atoms with Crippen molar-refractivity contribution in [3.05, 3.63) is 0 Å². The maximum atomic E-state index is 12.3. The lowest BCUT2D eigenvalue weighted by molar-refractivity contribution is -0.126. The second-order valence-electron chi connectivity index (χ2n) is 6.31. The molecule has 2 atom stereocenters. The minimum Gasteiger partial charge on any atom is -0.299 e. The fourth-order valence-electron chi connectivity index (χ4n) is 3.78. The molecule has 2 fully saturated rings. The van der Waals surface area contributed by atoms with Crippen LogP contribution in [0.5, 0.6) is 0 Å². The molecule has 1 nitrogen and oxygen atoms in total. The molecule has 92 valence electrons. The van der Waals surface area contributed by atoms with E-state index in [1.807, 2.05) is 0 Å². The first kappa shape index (κ1) is 12.1. The summed E-state index contributed by atoms with van der Waals surface area (Å²) in [5.41, 5.74) is 0.